The van der Waals surface area contributed by atoms with Crippen LogP contribution in [0.1, 0.15) is 23.7 Å². The monoisotopic (exact) mass is 272 g/mol. The Labute approximate surface area is 115 Å². The molecule has 0 fully saturated rings. The van der Waals surface area contributed by atoms with Crippen molar-refractivity contribution in [2.24, 2.45) is 5.73 Å². The summed E-state index contributed by atoms with van der Waals surface area (Å²) in [6.45, 7) is 3.02. The van der Waals surface area contributed by atoms with Crippen molar-refractivity contribution < 1.29 is 0 Å². The van der Waals surface area contributed by atoms with Gasteiger partial charge in [-0.1, -0.05) is 12.1 Å². The van der Waals surface area contributed by atoms with Gasteiger partial charge in [-0.25, -0.2) is 9.97 Å². The summed E-state index contributed by atoms with van der Waals surface area (Å²) in [7, 11) is 0. The average Bonchev–Trinajstić information content (AvgIpc) is 3.03. The summed E-state index contributed by atoms with van der Waals surface area (Å²) in [5.74, 6) is 0. The second-order valence-electron chi connectivity index (χ2n) is 4.50. The van der Waals surface area contributed by atoms with Gasteiger partial charge in [0, 0.05) is 24.9 Å². The lowest BCUT2D eigenvalue weighted by Gasteiger charge is -2.09. The van der Waals surface area contributed by atoms with Crippen molar-refractivity contribution in [2.45, 2.75) is 25.9 Å². The Morgan fingerprint density at radius 1 is 1.37 bits per heavy atom. The molecule has 1 aromatic carbocycles. The fourth-order valence-electron chi connectivity index (χ4n) is 2.16. The van der Waals surface area contributed by atoms with Crippen molar-refractivity contribution in [3.63, 3.8) is 0 Å². The van der Waals surface area contributed by atoms with Crippen molar-refractivity contribution in [1.29, 1.82) is 0 Å². The zero-order valence-corrected chi connectivity index (χ0v) is 11.6. The number of aromatic nitrogens is 3. The zero-order valence-electron chi connectivity index (χ0n) is 10.8. The highest BCUT2D eigenvalue weighted by atomic mass is 32.1. The number of benzene rings is 1. The van der Waals surface area contributed by atoms with Gasteiger partial charge in [0.1, 0.15) is 5.01 Å². The zero-order chi connectivity index (χ0) is 13.2. The predicted octanol–water partition coefficient (Wildman–Crippen LogP) is 2.76. The van der Waals surface area contributed by atoms with E-state index in [1.165, 1.54) is 4.70 Å². The Kier molecular flexibility index (Phi) is 3.31. The van der Waals surface area contributed by atoms with E-state index < -0.39 is 0 Å². The Balaban J connectivity index is 1.85. The molecule has 3 aromatic rings. The number of aryl methyl sites for hydroxylation is 1. The van der Waals surface area contributed by atoms with E-state index in [-0.39, 0.29) is 6.04 Å². The average molecular weight is 272 g/mol. The molecule has 5 heteroatoms. The molecule has 0 saturated carbocycles. The molecule has 4 nitrogen and oxygen atoms in total. The second kappa shape index (κ2) is 5.11. The fourth-order valence-corrected chi connectivity index (χ4v) is 3.13. The van der Waals surface area contributed by atoms with Crippen LogP contribution in [-0.2, 0) is 13.0 Å². The number of fused-ring (bicyclic) bond motifs is 1. The van der Waals surface area contributed by atoms with Gasteiger partial charge in [-0.15, -0.1) is 11.3 Å². The maximum Gasteiger partial charge on any atom is 0.111 e. The molecule has 19 heavy (non-hydrogen) atoms. The first-order valence-electron chi connectivity index (χ1n) is 6.38. The van der Waals surface area contributed by atoms with E-state index in [4.69, 9.17) is 5.73 Å². The third-order valence-corrected chi connectivity index (χ3v) is 4.36. The number of hydrogen-bond donors (Lipinski definition) is 1. The summed E-state index contributed by atoms with van der Waals surface area (Å²) in [5, 5.41) is 0.991. The summed E-state index contributed by atoms with van der Waals surface area (Å²) < 4.78 is 3.31. The van der Waals surface area contributed by atoms with Gasteiger partial charge in [0.05, 0.1) is 22.6 Å². The molecule has 3 rings (SSSR count). The molecule has 1 atom stereocenters. The van der Waals surface area contributed by atoms with Gasteiger partial charge in [-0.05, 0) is 19.1 Å². The molecule has 1 unspecified atom stereocenters. The maximum atomic E-state index is 6.28. The summed E-state index contributed by atoms with van der Waals surface area (Å²) >= 11 is 1.67. The molecule has 0 amide bonds. The van der Waals surface area contributed by atoms with Gasteiger partial charge in [0.25, 0.3) is 0 Å². The molecule has 0 bridgehead atoms. The normalized spacial score (nSPS) is 12.9. The van der Waals surface area contributed by atoms with Crippen LogP contribution < -0.4 is 5.73 Å². The number of imidazole rings is 1. The Bertz CT molecular complexity index is 652. The number of hydrogen-bond acceptors (Lipinski definition) is 4. The predicted molar refractivity (Wildman–Crippen MR) is 78.2 cm³/mol. The molecule has 2 aromatic heterocycles. The smallest absolute Gasteiger partial charge is 0.111 e. The van der Waals surface area contributed by atoms with Crippen LogP contribution in [0.15, 0.2) is 36.8 Å². The van der Waals surface area contributed by atoms with Crippen LogP contribution in [0.25, 0.3) is 10.2 Å². The molecule has 0 aliphatic carbocycles. The van der Waals surface area contributed by atoms with Crippen LogP contribution >= 0.6 is 11.3 Å². The first-order valence-corrected chi connectivity index (χ1v) is 7.19. The number of para-hydroxylation sites is 1. The molecule has 2 heterocycles. The highest BCUT2D eigenvalue weighted by molar-refractivity contribution is 7.18. The first-order chi connectivity index (χ1) is 9.28. The Morgan fingerprint density at radius 2 is 2.21 bits per heavy atom. The van der Waals surface area contributed by atoms with Crippen LogP contribution in [0.5, 0.6) is 0 Å². The van der Waals surface area contributed by atoms with Gasteiger partial charge in [0.15, 0.2) is 0 Å². The van der Waals surface area contributed by atoms with Crippen molar-refractivity contribution in [2.75, 3.05) is 0 Å². The molecule has 0 aliphatic heterocycles. The largest absolute Gasteiger partial charge is 0.335 e. The number of rotatable bonds is 4. The molecule has 2 N–H and O–H groups in total. The molecular weight excluding hydrogens is 256 g/mol. The third-order valence-electron chi connectivity index (χ3n) is 3.20. The molecule has 0 spiro atoms. The van der Waals surface area contributed by atoms with E-state index in [1.54, 1.807) is 11.3 Å². The standard InChI is InChI=1S/C14H16N4S/c1-2-18-9-16-8-10(18)7-11(15)14-17-12-5-3-4-6-13(12)19-14/h3-6,8-9,11H,2,7,15H2,1H3. The van der Waals surface area contributed by atoms with Crippen molar-refractivity contribution in [1.82, 2.24) is 14.5 Å². The van der Waals surface area contributed by atoms with Gasteiger partial charge in [-0.2, -0.15) is 0 Å². The molecule has 0 saturated heterocycles. The highest BCUT2D eigenvalue weighted by Crippen LogP contribution is 2.26. The van der Waals surface area contributed by atoms with Crippen molar-refractivity contribution >= 4 is 21.6 Å². The highest BCUT2D eigenvalue weighted by Gasteiger charge is 2.14. The minimum absolute atomic E-state index is 0.0700. The molecule has 0 aliphatic rings. The van der Waals surface area contributed by atoms with Crippen molar-refractivity contribution in [3.05, 3.63) is 47.5 Å². The first kappa shape index (κ1) is 12.3. The van der Waals surface area contributed by atoms with Gasteiger partial charge >= 0.3 is 0 Å². The Hall–Kier alpha value is -1.72. The van der Waals surface area contributed by atoms with Crippen LogP contribution in [0.3, 0.4) is 0 Å². The summed E-state index contributed by atoms with van der Waals surface area (Å²) in [6.07, 6.45) is 4.50. The second-order valence-corrected chi connectivity index (χ2v) is 5.56. The third kappa shape index (κ3) is 2.39. The molecule has 98 valence electrons. The quantitative estimate of drug-likeness (QED) is 0.794. The lowest BCUT2D eigenvalue weighted by atomic mass is 10.2. The Morgan fingerprint density at radius 3 is 3.00 bits per heavy atom. The van der Waals surface area contributed by atoms with E-state index in [9.17, 15) is 0 Å². The van der Waals surface area contributed by atoms with Crippen LogP contribution in [0.4, 0.5) is 0 Å². The minimum atomic E-state index is -0.0700. The van der Waals surface area contributed by atoms with E-state index >= 15 is 0 Å². The van der Waals surface area contributed by atoms with E-state index in [0.29, 0.717) is 0 Å². The maximum absolute atomic E-state index is 6.28. The number of nitrogens with two attached hydrogens (primary N) is 1. The van der Waals surface area contributed by atoms with Crippen LogP contribution in [0.2, 0.25) is 0 Å². The molecular formula is C14H16N4S. The molecule has 0 radical (unpaired) electrons. The minimum Gasteiger partial charge on any atom is -0.335 e. The van der Waals surface area contributed by atoms with Gasteiger partial charge in [-0.3, -0.25) is 0 Å². The van der Waals surface area contributed by atoms with Gasteiger partial charge in [0.2, 0.25) is 0 Å². The van der Waals surface area contributed by atoms with Crippen LogP contribution in [0, 0.1) is 0 Å². The van der Waals surface area contributed by atoms with E-state index in [2.05, 4.69) is 27.5 Å². The topological polar surface area (TPSA) is 56.7 Å². The lowest BCUT2D eigenvalue weighted by Crippen LogP contribution is -2.15. The number of nitrogens with zero attached hydrogens (tertiary/aromatic N) is 3. The van der Waals surface area contributed by atoms with Gasteiger partial charge < -0.3 is 10.3 Å². The fraction of sp³-hybridized carbons (Fsp3) is 0.286. The summed E-state index contributed by atoms with van der Waals surface area (Å²) in [5.41, 5.74) is 8.47. The van der Waals surface area contributed by atoms with E-state index in [1.807, 2.05) is 30.7 Å². The van der Waals surface area contributed by atoms with E-state index in [0.717, 1.165) is 29.2 Å². The SMILES string of the molecule is CCn1cncc1CC(N)c1nc2ccccc2s1. The lowest BCUT2D eigenvalue weighted by molar-refractivity contribution is 0.642. The summed E-state index contributed by atoms with van der Waals surface area (Å²) in [4.78, 5) is 8.79. The summed E-state index contributed by atoms with van der Waals surface area (Å²) in [6, 6.07) is 8.07. The number of thiazole rings is 1. The van der Waals surface area contributed by atoms with Crippen molar-refractivity contribution in [3.8, 4) is 0 Å². The van der Waals surface area contributed by atoms with Crippen LogP contribution in [-0.4, -0.2) is 14.5 Å².